The molecule has 1 amide bonds. The van der Waals surface area contributed by atoms with E-state index >= 15 is 0 Å². The SMILES string of the molecule is CC[C@](C)(NC(=O)c1cnn(-c2ccc(Br)cc2)c1C)C(=O)OC. The molecule has 6 nitrogen and oxygen atoms in total. The summed E-state index contributed by atoms with van der Waals surface area (Å²) in [5.74, 6) is -0.832. The second kappa shape index (κ2) is 7.17. The second-order valence-electron chi connectivity index (χ2n) is 5.66. The van der Waals surface area contributed by atoms with Crippen LogP contribution >= 0.6 is 15.9 Å². The van der Waals surface area contributed by atoms with Gasteiger partial charge in [-0.15, -0.1) is 0 Å². The van der Waals surface area contributed by atoms with Crippen molar-refractivity contribution in [1.82, 2.24) is 15.1 Å². The van der Waals surface area contributed by atoms with Crippen molar-refractivity contribution in [3.8, 4) is 5.69 Å². The fourth-order valence-corrected chi connectivity index (χ4v) is 2.57. The highest BCUT2D eigenvalue weighted by Crippen LogP contribution is 2.19. The zero-order valence-electron chi connectivity index (χ0n) is 14.1. The molecule has 24 heavy (non-hydrogen) atoms. The van der Waals surface area contributed by atoms with Crippen molar-refractivity contribution in [3.05, 3.63) is 46.2 Å². The maximum Gasteiger partial charge on any atom is 0.331 e. The summed E-state index contributed by atoms with van der Waals surface area (Å²) in [4.78, 5) is 24.5. The van der Waals surface area contributed by atoms with Crippen LogP contribution in [0.2, 0.25) is 0 Å². The molecular weight excluding hydrogens is 374 g/mol. The fourth-order valence-electron chi connectivity index (χ4n) is 2.30. The molecule has 0 aliphatic carbocycles. The first-order valence-corrected chi connectivity index (χ1v) is 8.33. The van der Waals surface area contributed by atoms with Crippen LogP contribution in [0.4, 0.5) is 0 Å². The molecule has 0 saturated heterocycles. The van der Waals surface area contributed by atoms with Crippen molar-refractivity contribution >= 4 is 27.8 Å². The van der Waals surface area contributed by atoms with Gasteiger partial charge in [0.2, 0.25) is 0 Å². The van der Waals surface area contributed by atoms with Gasteiger partial charge in [-0.25, -0.2) is 9.48 Å². The normalized spacial score (nSPS) is 13.2. The number of aromatic nitrogens is 2. The number of ether oxygens (including phenoxy) is 1. The summed E-state index contributed by atoms with van der Waals surface area (Å²) in [6, 6.07) is 7.61. The van der Waals surface area contributed by atoms with E-state index < -0.39 is 11.5 Å². The predicted molar refractivity (Wildman–Crippen MR) is 94.2 cm³/mol. The minimum atomic E-state index is -1.07. The molecule has 0 spiro atoms. The van der Waals surface area contributed by atoms with Gasteiger partial charge in [0.25, 0.3) is 5.91 Å². The van der Waals surface area contributed by atoms with Gasteiger partial charge in [0.1, 0.15) is 5.54 Å². The highest BCUT2D eigenvalue weighted by Gasteiger charge is 2.35. The molecule has 1 heterocycles. The van der Waals surface area contributed by atoms with E-state index in [1.54, 1.807) is 11.6 Å². The lowest BCUT2D eigenvalue weighted by Gasteiger charge is -2.26. The summed E-state index contributed by atoms with van der Waals surface area (Å²) >= 11 is 3.39. The first kappa shape index (κ1) is 18.2. The van der Waals surface area contributed by atoms with Gasteiger partial charge in [0.05, 0.1) is 30.3 Å². The van der Waals surface area contributed by atoms with Crippen LogP contribution in [0.5, 0.6) is 0 Å². The van der Waals surface area contributed by atoms with Crippen molar-refractivity contribution in [2.24, 2.45) is 0 Å². The zero-order valence-corrected chi connectivity index (χ0v) is 15.7. The molecule has 2 aromatic rings. The Hall–Kier alpha value is -2.15. The quantitative estimate of drug-likeness (QED) is 0.792. The maximum absolute atomic E-state index is 12.6. The Kier molecular flexibility index (Phi) is 5.43. The number of halogens is 1. The van der Waals surface area contributed by atoms with E-state index in [2.05, 4.69) is 26.3 Å². The van der Waals surface area contributed by atoms with Gasteiger partial charge in [0, 0.05) is 4.47 Å². The van der Waals surface area contributed by atoms with Gasteiger partial charge in [-0.05, 0) is 44.5 Å². The van der Waals surface area contributed by atoms with E-state index in [0.29, 0.717) is 17.7 Å². The second-order valence-corrected chi connectivity index (χ2v) is 6.58. The third-order valence-corrected chi connectivity index (χ3v) is 4.59. The van der Waals surface area contributed by atoms with Crippen LogP contribution in [-0.2, 0) is 9.53 Å². The smallest absolute Gasteiger partial charge is 0.331 e. The zero-order chi connectivity index (χ0) is 17.9. The van der Waals surface area contributed by atoms with Gasteiger partial charge >= 0.3 is 5.97 Å². The lowest BCUT2D eigenvalue weighted by Crippen LogP contribution is -2.52. The molecule has 0 fully saturated rings. The van der Waals surface area contributed by atoms with Crippen LogP contribution in [-0.4, -0.2) is 34.3 Å². The molecule has 1 aromatic heterocycles. The number of nitrogens with zero attached hydrogens (tertiary/aromatic N) is 2. The standard InChI is InChI=1S/C17H20BrN3O3/c1-5-17(3,16(23)24-4)20-15(22)14-10-19-21(11(14)2)13-8-6-12(18)7-9-13/h6-10H,5H2,1-4H3,(H,20,22)/t17-/m0/s1. The monoisotopic (exact) mass is 393 g/mol. The van der Waals surface area contributed by atoms with E-state index in [0.717, 1.165) is 10.2 Å². The van der Waals surface area contributed by atoms with Crippen molar-refractivity contribution in [2.45, 2.75) is 32.7 Å². The van der Waals surface area contributed by atoms with Crippen LogP contribution in [0.3, 0.4) is 0 Å². The maximum atomic E-state index is 12.6. The molecular formula is C17H20BrN3O3. The van der Waals surface area contributed by atoms with Gasteiger partial charge in [0.15, 0.2) is 0 Å². The Morgan fingerprint density at radius 3 is 2.50 bits per heavy atom. The van der Waals surface area contributed by atoms with Crippen molar-refractivity contribution in [1.29, 1.82) is 0 Å². The molecule has 0 bridgehead atoms. The van der Waals surface area contributed by atoms with E-state index in [9.17, 15) is 9.59 Å². The summed E-state index contributed by atoms with van der Waals surface area (Å²) in [5, 5.41) is 7.03. The topological polar surface area (TPSA) is 73.2 Å². The summed E-state index contributed by atoms with van der Waals surface area (Å²) in [7, 11) is 1.30. The number of hydrogen-bond acceptors (Lipinski definition) is 4. The number of rotatable bonds is 5. The summed E-state index contributed by atoms with van der Waals surface area (Å²) < 4.78 is 7.43. The van der Waals surface area contributed by atoms with Crippen molar-refractivity contribution < 1.29 is 14.3 Å². The van der Waals surface area contributed by atoms with Crippen LogP contribution in [0.25, 0.3) is 5.69 Å². The fraction of sp³-hybridized carbons (Fsp3) is 0.353. The third-order valence-electron chi connectivity index (χ3n) is 4.06. The summed E-state index contributed by atoms with van der Waals surface area (Å²) in [6.45, 7) is 5.27. The van der Waals surface area contributed by atoms with Gasteiger partial charge in [-0.3, -0.25) is 4.79 Å². The average Bonchev–Trinajstić information content (AvgIpc) is 2.96. The van der Waals surface area contributed by atoms with E-state index in [4.69, 9.17) is 4.74 Å². The minimum Gasteiger partial charge on any atom is -0.467 e. The van der Waals surface area contributed by atoms with E-state index in [1.807, 2.05) is 38.1 Å². The minimum absolute atomic E-state index is 0.356. The highest BCUT2D eigenvalue weighted by atomic mass is 79.9. The molecule has 1 atom stereocenters. The lowest BCUT2D eigenvalue weighted by molar-refractivity contribution is -0.147. The number of methoxy groups -OCH3 is 1. The van der Waals surface area contributed by atoms with E-state index in [1.165, 1.54) is 13.3 Å². The number of hydrogen-bond donors (Lipinski definition) is 1. The lowest BCUT2D eigenvalue weighted by atomic mass is 9.98. The number of benzene rings is 1. The molecule has 0 radical (unpaired) electrons. The molecule has 0 unspecified atom stereocenters. The Morgan fingerprint density at radius 2 is 1.96 bits per heavy atom. The van der Waals surface area contributed by atoms with Crippen molar-refractivity contribution in [2.75, 3.05) is 7.11 Å². The van der Waals surface area contributed by atoms with E-state index in [-0.39, 0.29) is 5.91 Å². The van der Waals surface area contributed by atoms with Crippen LogP contribution in [0.15, 0.2) is 34.9 Å². The average molecular weight is 394 g/mol. The van der Waals surface area contributed by atoms with Gasteiger partial charge in [-0.2, -0.15) is 5.10 Å². The number of carbonyl (C=O) groups excluding carboxylic acids is 2. The Balaban J connectivity index is 2.28. The van der Waals surface area contributed by atoms with Crippen molar-refractivity contribution in [3.63, 3.8) is 0 Å². The molecule has 2 rings (SSSR count). The largest absolute Gasteiger partial charge is 0.467 e. The van der Waals surface area contributed by atoms with Crippen LogP contribution < -0.4 is 5.32 Å². The number of nitrogens with one attached hydrogen (secondary N) is 1. The Morgan fingerprint density at radius 1 is 1.33 bits per heavy atom. The molecule has 7 heteroatoms. The Bertz CT molecular complexity index is 755. The highest BCUT2D eigenvalue weighted by molar-refractivity contribution is 9.10. The molecule has 0 saturated carbocycles. The third kappa shape index (κ3) is 3.51. The number of esters is 1. The number of amides is 1. The summed E-state index contributed by atoms with van der Waals surface area (Å²) in [5.41, 5.74) is 0.887. The molecule has 1 aromatic carbocycles. The summed E-state index contributed by atoms with van der Waals surface area (Å²) in [6.07, 6.45) is 1.92. The Labute approximate surface area is 149 Å². The molecule has 1 N–H and O–H groups in total. The van der Waals surface area contributed by atoms with Gasteiger partial charge in [-0.1, -0.05) is 22.9 Å². The van der Waals surface area contributed by atoms with Gasteiger partial charge < -0.3 is 10.1 Å². The predicted octanol–water partition coefficient (Wildman–Crippen LogP) is 3.01. The molecule has 0 aliphatic rings. The number of carbonyl (C=O) groups is 2. The first-order valence-electron chi connectivity index (χ1n) is 7.54. The van der Waals surface area contributed by atoms with Crippen LogP contribution in [0.1, 0.15) is 36.3 Å². The first-order chi connectivity index (χ1) is 11.3. The van der Waals surface area contributed by atoms with Crippen LogP contribution in [0, 0.1) is 6.92 Å². The molecule has 128 valence electrons. The molecule has 0 aliphatic heterocycles.